The average Bonchev–Trinajstić information content (AvgIpc) is 3.67. The number of unbranched alkanes of at least 4 members (excludes halogenated alkanes) is 2. The van der Waals surface area contributed by atoms with E-state index in [0.29, 0.717) is 33.4 Å². The van der Waals surface area contributed by atoms with Crippen LogP contribution in [0, 0.1) is 11.6 Å². The number of carbonyl (C=O) groups is 2. The summed E-state index contributed by atoms with van der Waals surface area (Å²) in [5.41, 5.74) is 6.40. The van der Waals surface area contributed by atoms with E-state index in [-0.39, 0.29) is 34.4 Å². The molecule has 246 valence electrons. The number of aromatic nitrogens is 2. The van der Waals surface area contributed by atoms with Gasteiger partial charge in [0.15, 0.2) is 5.13 Å². The number of nitrogens with one attached hydrogen (secondary N) is 3. The maximum Gasteiger partial charge on any atom is 0.321 e. The molecule has 0 spiro atoms. The van der Waals surface area contributed by atoms with Gasteiger partial charge in [-0.05, 0) is 63.2 Å². The summed E-state index contributed by atoms with van der Waals surface area (Å²) in [6.45, 7) is 7.95. The van der Waals surface area contributed by atoms with E-state index in [2.05, 4.69) is 44.7 Å². The number of nitrogens with two attached hydrogens (primary N) is 1. The van der Waals surface area contributed by atoms with Gasteiger partial charge < -0.3 is 26.0 Å². The third kappa shape index (κ3) is 9.44. The summed E-state index contributed by atoms with van der Waals surface area (Å²) in [5, 5.41) is 10.4. The lowest BCUT2D eigenvalue weighted by molar-refractivity contribution is 0.102. The van der Waals surface area contributed by atoms with E-state index in [9.17, 15) is 18.4 Å². The number of hydrogen-bond acceptors (Lipinski definition) is 9. The number of nitrogen functional groups attached to an aromatic ring is 1. The molecule has 0 aliphatic carbocycles. The van der Waals surface area contributed by atoms with E-state index in [4.69, 9.17) is 10.5 Å². The third-order valence-electron chi connectivity index (χ3n) is 7.08. The van der Waals surface area contributed by atoms with Crippen LogP contribution >= 0.6 is 22.7 Å². The number of carbonyl (C=O) groups excluding carboxylic acids is 2. The first kappa shape index (κ1) is 34.7. The van der Waals surface area contributed by atoms with E-state index in [1.807, 2.05) is 0 Å². The monoisotopic (exact) mass is 671 g/mol. The highest BCUT2D eigenvalue weighted by Gasteiger charge is 2.20. The van der Waals surface area contributed by atoms with E-state index in [1.165, 1.54) is 30.6 Å². The minimum Gasteiger partial charge on any atom is -0.497 e. The number of hydrogen-bond donors (Lipinski definition) is 4. The Labute approximate surface area is 275 Å². The molecule has 0 fully saturated rings. The summed E-state index contributed by atoms with van der Waals surface area (Å²) in [6.07, 6.45) is 5.46. The van der Waals surface area contributed by atoms with Gasteiger partial charge in [-0.25, -0.2) is 23.5 Å². The van der Waals surface area contributed by atoms with Crippen molar-refractivity contribution < 1.29 is 23.1 Å². The molecule has 2 aromatic carbocycles. The molecule has 0 radical (unpaired) electrons. The Bertz CT molecular complexity index is 1620. The molecule has 0 unspecified atom stereocenters. The minimum absolute atomic E-state index is 0.00592. The molecule has 2 aromatic heterocycles. The lowest BCUT2D eigenvalue weighted by Crippen LogP contribution is -2.33. The van der Waals surface area contributed by atoms with Crippen molar-refractivity contribution in [2.24, 2.45) is 0 Å². The van der Waals surface area contributed by atoms with Crippen molar-refractivity contribution in [1.82, 2.24) is 20.2 Å². The van der Waals surface area contributed by atoms with Gasteiger partial charge in [-0.1, -0.05) is 44.1 Å². The van der Waals surface area contributed by atoms with Crippen molar-refractivity contribution in [3.8, 4) is 26.9 Å². The largest absolute Gasteiger partial charge is 0.497 e. The molecule has 0 atom stereocenters. The first-order chi connectivity index (χ1) is 22.2. The summed E-state index contributed by atoms with van der Waals surface area (Å²) < 4.78 is 34.7. The number of nitrogens with zero attached hydrogens (tertiary/aromatic N) is 3. The van der Waals surface area contributed by atoms with Crippen LogP contribution in [0.1, 0.15) is 56.3 Å². The number of urea groups is 1. The highest BCUT2D eigenvalue weighted by atomic mass is 32.1. The molecule has 0 saturated carbocycles. The first-order valence-corrected chi connectivity index (χ1v) is 16.9. The second-order valence-corrected chi connectivity index (χ2v) is 12.4. The normalized spacial score (nSPS) is 11.1. The van der Waals surface area contributed by atoms with Crippen molar-refractivity contribution in [1.29, 1.82) is 0 Å². The van der Waals surface area contributed by atoms with Crippen molar-refractivity contribution in [3.05, 3.63) is 59.0 Å². The summed E-state index contributed by atoms with van der Waals surface area (Å²) in [7, 11) is 1.47. The van der Waals surface area contributed by atoms with Crippen LogP contribution in [0.25, 0.3) is 21.1 Å². The van der Waals surface area contributed by atoms with Crippen LogP contribution < -0.4 is 26.4 Å². The van der Waals surface area contributed by atoms with Gasteiger partial charge in [0.05, 0.1) is 18.5 Å². The molecule has 0 bridgehead atoms. The zero-order valence-electron chi connectivity index (χ0n) is 26.1. The molecule has 4 rings (SSSR count). The highest BCUT2D eigenvalue weighted by Crippen LogP contribution is 2.39. The Morgan fingerprint density at radius 2 is 1.72 bits per heavy atom. The van der Waals surface area contributed by atoms with E-state index in [1.54, 1.807) is 23.6 Å². The van der Waals surface area contributed by atoms with Gasteiger partial charge in [0.25, 0.3) is 5.91 Å². The number of rotatable bonds is 16. The topological polar surface area (TPSA) is 134 Å². The Hall–Kier alpha value is -4.14. The number of benzene rings is 2. The standard InChI is InChI=1S/C32H39F2N7O3S2/c1-4-6-13-41(14-7-5-2)15-9-12-36-31(43)40-32-39-28(35)27(46-32)30-38-26(19-45-30)22-17-25(24(34)18-23(22)33)37-29(42)20-10-8-11-21(16-20)44-3/h8,10-11,16-19H,4-7,9,12-15,35H2,1-3H3,(H,37,42)(H2,36,39,40,43). The molecule has 14 heteroatoms. The van der Waals surface area contributed by atoms with Crippen molar-refractivity contribution in [2.75, 3.05) is 49.7 Å². The fourth-order valence-electron chi connectivity index (χ4n) is 4.58. The first-order valence-electron chi connectivity index (χ1n) is 15.2. The number of anilines is 3. The van der Waals surface area contributed by atoms with Crippen LogP contribution in [0.4, 0.5) is 30.2 Å². The molecule has 2 heterocycles. The van der Waals surface area contributed by atoms with Crippen LogP contribution in [0.15, 0.2) is 41.8 Å². The predicted molar refractivity (Wildman–Crippen MR) is 182 cm³/mol. The average molecular weight is 672 g/mol. The maximum absolute atomic E-state index is 14.9. The van der Waals surface area contributed by atoms with E-state index in [0.717, 1.165) is 63.1 Å². The molecular formula is C32H39F2N7O3S2. The highest BCUT2D eigenvalue weighted by molar-refractivity contribution is 7.23. The van der Waals surface area contributed by atoms with Crippen LogP contribution in [0.2, 0.25) is 0 Å². The van der Waals surface area contributed by atoms with Crippen LogP contribution in [-0.2, 0) is 0 Å². The molecule has 4 aromatic rings. The van der Waals surface area contributed by atoms with Gasteiger partial charge in [0, 0.05) is 29.1 Å². The van der Waals surface area contributed by atoms with Crippen molar-refractivity contribution in [2.45, 2.75) is 46.0 Å². The molecular weight excluding hydrogens is 633 g/mol. The van der Waals surface area contributed by atoms with E-state index >= 15 is 0 Å². The Balaban J connectivity index is 1.38. The molecule has 0 aliphatic rings. The van der Waals surface area contributed by atoms with Gasteiger partial charge in [0.1, 0.15) is 33.1 Å². The summed E-state index contributed by atoms with van der Waals surface area (Å²) in [5.74, 6) is -1.74. The number of methoxy groups -OCH3 is 1. The minimum atomic E-state index is -0.932. The molecule has 10 nitrogen and oxygen atoms in total. The quantitative estimate of drug-likeness (QED) is 0.0908. The Kier molecular flexibility index (Phi) is 12.8. The fourth-order valence-corrected chi connectivity index (χ4v) is 6.38. The van der Waals surface area contributed by atoms with Crippen molar-refractivity contribution in [3.63, 3.8) is 0 Å². The summed E-state index contributed by atoms with van der Waals surface area (Å²) >= 11 is 2.33. The van der Waals surface area contributed by atoms with Crippen LogP contribution in [0.3, 0.4) is 0 Å². The van der Waals surface area contributed by atoms with Gasteiger partial charge in [0.2, 0.25) is 0 Å². The number of halogens is 2. The Morgan fingerprint density at radius 3 is 2.43 bits per heavy atom. The van der Waals surface area contributed by atoms with Gasteiger partial charge in [-0.2, -0.15) is 0 Å². The van der Waals surface area contributed by atoms with Crippen molar-refractivity contribution >= 4 is 51.2 Å². The molecule has 3 amide bonds. The van der Waals surface area contributed by atoms with Crippen LogP contribution in [-0.4, -0.2) is 60.1 Å². The zero-order chi connectivity index (χ0) is 33.1. The van der Waals surface area contributed by atoms with Crippen LogP contribution in [0.5, 0.6) is 5.75 Å². The molecule has 0 saturated heterocycles. The van der Waals surface area contributed by atoms with Gasteiger partial charge >= 0.3 is 6.03 Å². The number of thiazole rings is 2. The molecule has 0 aliphatic heterocycles. The SMILES string of the molecule is CCCCN(CCCC)CCCNC(=O)Nc1nc(N)c(-c2nc(-c3cc(NC(=O)c4cccc(OC)c4)c(F)cc3F)cs2)s1. The fraction of sp³-hybridized carbons (Fsp3) is 0.375. The molecule has 5 N–H and O–H groups in total. The second kappa shape index (κ2) is 17.0. The Morgan fingerprint density at radius 1 is 0.978 bits per heavy atom. The lowest BCUT2D eigenvalue weighted by Gasteiger charge is -2.21. The second-order valence-electron chi connectivity index (χ2n) is 10.6. The third-order valence-corrected chi connectivity index (χ3v) is 9.06. The zero-order valence-corrected chi connectivity index (χ0v) is 27.8. The predicted octanol–water partition coefficient (Wildman–Crippen LogP) is 7.47. The number of ether oxygens (including phenoxy) is 1. The lowest BCUT2D eigenvalue weighted by atomic mass is 10.1. The maximum atomic E-state index is 14.9. The number of amides is 3. The van der Waals surface area contributed by atoms with E-state index < -0.39 is 17.5 Å². The smallest absolute Gasteiger partial charge is 0.321 e. The molecule has 46 heavy (non-hydrogen) atoms. The van der Waals surface area contributed by atoms with Gasteiger partial charge in [-0.15, -0.1) is 11.3 Å². The summed E-state index contributed by atoms with van der Waals surface area (Å²) in [4.78, 5) is 37.0. The summed E-state index contributed by atoms with van der Waals surface area (Å²) in [6, 6.07) is 7.88. The van der Waals surface area contributed by atoms with Gasteiger partial charge in [-0.3, -0.25) is 10.1 Å².